The number of hydrogen-bond acceptors (Lipinski definition) is 1. The molecule has 0 bridgehead atoms. The van der Waals surface area contributed by atoms with Gasteiger partial charge in [-0.15, -0.1) is 11.6 Å². The fourth-order valence-corrected chi connectivity index (χ4v) is 2.07. The zero-order valence-electron chi connectivity index (χ0n) is 7.58. The van der Waals surface area contributed by atoms with Crippen LogP contribution < -0.4 is 0 Å². The van der Waals surface area contributed by atoms with Gasteiger partial charge in [-0.05, 0) is 35.9 Å². The van der Waals surface area contributed by atoms with E-state index in [4.69, 9.17) is 39.2 Å². The molecule has 0 spiro atoms. The second-order valence-corrected chi connectivity index (χ2v) is 4.32. The quantitative estimate of drug-likeness (QED) is 0.700. The molecule has 2 aromatic rings. The Morgan fingerprint density at radius 1 is 1.13 bits per heavy atom. The molecule has 2 rings (SSSR count). The Balaban J connectivity index is 2.41. The molecule has 15 heavy (non-hydrogen) atoms. The zero-order valence-corrected chi connectivity index (χ0v) is 9.85. The number of benzene rings is 1. The largest absolute Gasteiger partial charge is 0.467 e. The highest BCUT2D eigenvalue weighted by atomic mass is 35.5. The molecule has 0 saturated carbocycles. The summed E-state index contributed by atoms with van der Waals surface area (Å²) in [4.78, 5) is 0. The topological polar surface area (TPSA) is 13.1 Å². The van der Waals surface area contributed by atoms with Crippen molar-refractivity contribution in [3.63, 3.8) is 0 Å². The number of alkyl halides is 1. The first-order valence-corrected chi connectivity index (χ1v) is 5.50. The van der Waals surface area contributed by atoms with Crippen molar-refractivity contribution >= 4 is 34.8 Å². The maximum absolute atomic E-state index is 6.21. The van der Waals surface area contributed by atoms with Gasteiger partial charge in [-0.3, -0.25) is 0 Å². The standard InChI is InChI=1S/C11H7Cl3O/c12-7-3-4-9(13)8(6-7)11(14)10-2-1-5-15-10/h1-6,11H. The van der Waals surface area contributed by atoms with Gasteiger partial charge in [0.2, 0.25) is 0 Å². The molecular formula is C11H7Cl3O. The Kier molecular flexibility index (Phi) is 3.25. The van der Waals surface area contributed by atoms with E-state index in [-0.39, 0.29) is 0 Å². The lowest BCUT2D eigenvalue weighted by Crippen LogP contribution is -1.92. The van der Waals surface area contributed by atoms with Gasteiger partial charge in [-0.1, -0.05) is 23.2 Å². The van der Waals surface area contributed by atoms with Gasteiger partial charge >= 0.3 is 0 Å². The number of halogens is 3. The molecule has 1 atom stereocenters. The lowest BCUT2D eigenvalue weighted by atomic mass is 10.1. The monoisotopic (exact) mass is 260 g/mol. The minimum atomic E-state index is -0.411. The number of hydrogen-bond donors (Lipinski definition) is 0. The van der Waals surface area contributed by atoms with Crippen LogP contribution in [0.3, 0.4) is 0 Å². The van der Waals surface area contributed by atoms with Crippen molar-refractivity contribution in [1.29, 1.82) is 0 Å². The lowest BCUT2D eigenvalue weighted by molar-refractivity contribution is 0.516. The van der Waals surface area contributed by atoms with Crippen LogP contribution in [0.15, 0.2) is 41.0 Å². The Bertz CT molecular complexity index is 451. The van der Waals surface area contributed by atoms with Crippen LogP contribution in [0, 0.1) is 0 Å². The van der Waals surface area contributed by atoms with Gasteiger partial charge < -0.3 is 4.42 Å². The van der Waals surface area contributed by atoms with Crippen LogP contribution in [0.25, 0.3) is 0 Å². The summed E-state index contributed by atoms with van der Waals surface area (Å²) in [5.41, 5.74) is 0.751. The fourth-order valence-electron chi connectivity index (χ4n) is 1.30. The normalized spacial score (nSPS) is 12.7. The van der Waals surface area contributed by atoms with E-state index < -0.39 is 5.38 Å². The van der Waals surface area contributed by atoms with Crippen LogP contribution in [0.2, 0.25) is 10.0 Å². The van der Waals surface area contributed by atoms with E-state index in [1.165, 1.54) is 0 Å². The maximum Gasteiger partial charge on any atom is 0.126 e. The average Bonchev–Trinajstić information content (AvgIpc) is 2.74. The van der Waals surface area contributed by atoms with E-state index in [0.717, 1.165) is 5.56 Å². The van der Waals surface area contributed by atoms with Gasteiger partial charge in [0, 0.05) is 10.0 Å². The first-order valence-electron chi connectivity index (χ1n) is 4.31. The summed E-state index contributed by atoms with van der Waals surface area (Å²) in [7, 11) is 0. The summed E-state index contributed by atoms with van der Waals surface area (Å²) in [6.07, 6.45) is 1.57. The minimum Gasteiger partial charge on any atom is -0.467 e. The van der Waals surface area contributed by atoms with Gasteiger partial charge in [0.05, 0.1) is 6.26 Å². The number of rotatable bonds is 2. The molecule has 0 N–H and O–H groups in total. The molecule has 1 aromatic carbocycles. The summed E-state index contributed by atoms with van der Waals surface area (Å²) in [6, 6.07) is 8.76. The van der Waals surface area contributed by atoms with E-state index in [1.54, 1.807) is 36.6 Å². The summed E-state index contributed by atoms with van der Waals surface area (Å²) in [5, 5.41) is 0.772. The predicted molar refractivity (Wildman–Crippen MR) is 62.9 cm³/mol. The summed E-state index contributed by atoms with van der Waals surface area (Å²) < 4.78 is 5.21. The third kappa shape index (κ3) is 2.31. The van der Waals surface area contributed by atoms with Crippen molar-refractivity contribution in [2.24, 2.45) is 0 Å². The van der Waals surface area contributed by atoms with Crippen molar-refractivity contribution in [2.75, 3.05) is 0 Å². The second kappa shape index (κ2) is 4.48. The first-order chi connectivity index (χ1) is 7.18. The SMILES string of the molecule is Clc1ccc(Cl)c(C(Cl)c2ccco2)c1. The van der Waals surface area contributed by atoms with Crippen molar-refractivity contribution < 1.29 is 4.42 Å². The van der Waals surface area contributed by atoms with Gasteiger partial charge in [0.25, 0.3) is 0 Å². The molecule has 1 nitrogen and oxygen atoms in total. The predicted octanol–water partition coefficient (Wildman–Crippen LogP) is 4.91. The smallest absolute Gasteiger partial charge is 0.126 e. The van der Waals surface area contributed by atoms with Gasteiger partial charge in [0.15, 0.2) is 0 Å². The van der Waals surface area contributed by atoms with Crippen LogP contribution in [-0.2, 0) is 0 Å². The molecule has 1 unspecified atom stereocenters. The molecule has 0 amide bonds. The van der Waals surface area contributed by atoms with Crippen molar-refractivity contribution in [2.45, 2.75) is 5.38 Å². The highest BCUT2D eigenvalue weighted by Gasteiger charge is 2.16. The van der Waals surface area contributed by atoms with E-state index in [2.05, 4.69) is 0 Å². The Morgan fingerprint density at radius 2 is 1.93 bits per heavy atom. The summed E-state index contributed by atoms with van der Waals surface area (Å²) in [6.45, 7) is 0. The van der Waals surface area contributed by atoms with Crippen molar-refractivity contribution in [3.8, 4) is 0 Å². The third-order valence-electron chi connectivity index (χ3n) is 2.02. The minimum absolute atomic E-state index is 0.411. The van der Waals surface area contributed by atoms with Crippen LogP contribution in [0.5, 0.6) is 0 Å². The highest BCUT2D eigenvalue weighted by molar-refractivity contribution is 6.35. The van der Waals surface area contributed by atoms with E-state index in [0.29, 0.717) is 15.8 Å². The Morgan fingerprint density at radius 3 is 2.60 bits per heavy atom. The summed E-state index contributed by atoms with van der Waals surface area (Å²) in [5.74, 6) is 0.654. The molecule has 0 radical (unpaired) electrons. The molecule has 0 aliphatic heterocycles. The second-order valence-electron chi connectivity index (χ2n) is 3.04. The molecule has 0 saturated heterocycles. The fraction of sp³-hybridized carbons (Fsp3) is 0.0909. The molecule has 0 aliphatic rings. The lowest BCUT2D eigenvalue weighted by Gasteiger charge is -2.09. The molecule has 0 fully saturated rings. The van der Waals surface area contributed by atoms with E-state index in [1.807, 2.05) is 0 Å². The molecule has 1 aromatic heterocycles. The molecule has 1 heterocycles. The Hall–Kier alpha value is -0.630. The van der Waals surface area contributed by atoms with Crippen LogP contribution in [-0.4, -0.2) is 0 Å². The van der Waals surface area contributed by atoms with E-state index in [9.17, 15) is 0 Å². The molecule has 4 heteroatoms. The van der Waals surface area contributed by atoms with Crippen LogP contribution in [0.1, 0.15) is 16.7 Å². The van der Waals surface area contributed by atoms with Crippen molar-refractivity contribution in [3.05, 3.63) is 58.0 Å². The maximum atomic E-state index is 6.21. The highest BCUT2D eigenvalue weighted by Crippen LogP contribution is 2.35. The van der Waals surface area contributed by atoms with Gasteiger partial charge in [-0.2, -0.15) is 0 Å². The molecule has 78 valence electrons. The number of furan rings is 1. The third-order valence-corrected chi connectivity index (χ3v) is 3.05. The van der Waals surface area contributed by atoms with Crippen molar-refractivity contribution in [1.82, 2.24) is 0 Å². The Labute approximate surface area is 103 Å². The summed E-state index contributed by atoms with van der Waals surface area (Å²) >= 11 is 18.1. The van der Waals surface area contributed by atoms with Crippen LogP contribution in [0.4, 0.5) is 0 Å². The van der Waals surface area contributed by atoms with E-state index >= 15 is 0 Å². The zero-order chi connectivity index (χ0) is 10.8. The molecule has 0 aliphatic carbocycles. The average molecular weight is 262 g/mol. The first kappa shape index (κ1) is 10.9. The van der Waals surface area contributed by atoms with Gasteiger partial charge in [0.1, 0.15) is 11.1 Å². The van der Waals surface area contributed by atoms with Crippen LogP contribution >= 0.6 is 34.8 Å². The molecular weight excluding hydrogens is 254 g/mol. The van der Waals surface area contributed by atoms with Gasteiger partial charge in [-0.25, -0.2) is 0 Å².